The summed E-state index contributed by atoms with van der Waals surface area (Å²) in [5, 5.41) is 7.34. The minimum Gasteiger partial charge on any atom is -0.354 e. The van der Waals surface area contributed by atoms with Crippen molar-refractivity contribution in [3.05, 3.63) is 22.4 Å². The lowest BCUT2D eigenvalue weighted by Gasteiger charge is -2.13. The van der Waals surface area contributed by atoms with Gasteiger partial charge in [-0.1, -0.05) is 25.8 Å². The van der Waals surface area contributed by atoms with Crippen molar-refractivity contribution >= 4 is 23.2 Å². The molecule has 2 N–H and O–H groups in total. The maximum atomic E-state index is 11.7. The van der Waals surface area contributed by atoms with Crippen LogP contribution in [0.3, 0.4) is 0 Å². The zero-order valence-electron chi connectivity index (χ0n) is 10.9. The number of amides is 2. The van der Waals surface area contributed by atoms with E-state index < -0.39 is 6.04 Å². The summed E-state index contributed by atoms with van der Waals surface area (Å²) in [6.45, 7) is 4.48. The van der Waals surface area contributed by atoms with E-state index in [2.05, 4.69) is 17.6 Å². The molecule has 1 aromatic heterocycles. The number of unbranched alkanes of at least 4 members (excludes halogenated alkanes) is 2. The van der Waals surface area contributed by atoms with Crippen LogP contribution >= 0.6 is 11.3 Å². The lowest BCUT2D eigenvalue weighted by Crippen LogP contribution is -2.44. The van der Waals surface area contributed by atoms with Crippen molar-refractivity contribution in [3.8, 4) is 0 Å². The lowest BCUT2D eigenvalue weighted by molar-refractivity contribution is -0.122. The molecule has 0 spiro atoms. The van der Waals surface area contributed by atoms with Gasteiger partial charge in [-0.05, 0) is 24.8 Å². The van der Waals surface area contributed by atoms with Gasteiger partial charge < -0.3 is 10.6 Å². The molecule has 1 heterocycles. The molecule has 18 heavy (non-hydrogen) atoms. The van der Waals surface area contributed by atoms with Crippen LogP contribution in [0.15, 0.2) is 17.5 Å². The van der Waals surface area contributed by atoms with Crippen LogP contribution in [0.4, 0.5) is 0 Å². The first kappa shape index (κ1) is 14.7. The van der Waals surface area contributed by atoms with Crippen LogP contribution in [-0.2, 0) is 4.79 Å². The van der Waals surface area contributed by atoms with Gasteiger partial charge in [0.2, 0.25) is 5.91 Å². The van der Waals surface area contributed by atoms with Gasteiger partial charge in [0.25, 0.3) is 5.91 Å². The standard InChI is InChI=1S/C13H20N2O2S/c1-3-4-5-8-14-12(16)10(2)15-13(17)11-7-6-9-18-11/h6-7,9-10H,3-5,8H2,1-2H3,(H,14,16)(H,15,17)/t10-/m1/s1. The van der Waals surface area contributed by atoms with E-state index >= 15 is 0 Å². The number of carbonyl (C=O) groups excluding carboxylic acids is 2. The van der Waals surface area contributed by atoms with E-state index in [1.807, 2.05) is 11.4 Å². The molecular formula is C13H20N2O2S. The Bertz CT molecular complexity index is 376. The molecule has 2 amide bonds. The molecular weight excluding hydrogens is 248 g/mol. The minimum atomic E-state index is -0.499. The van der Waals surface area contributed by atoms with Gasteiger partial charge in [-0.25, -0.2) is 0 Å². The first-order valence-electron chi connectivity index (χ1n) is 6.27. The Hall–Kier alpha value is -1.36. The Morgan fingerprint density at radius 3 is 2.78 bits per heavy atom. The molecule has 1 atom stereocenters. The number of thiophene rings is 1. The highest BCUT2D eigenvalue weighted by molar-refractivity contribution is 7.12. The van der Waals surface area contributed by atoms with Crippen LogP contribution in [-0.4, -0.2) is 24.4 Å². The summed E-state index contributed by atoms with van der Waals surface area (Å²) >= 11 is 1.37. The fraction of sp³-hybridized carbons (Fsp3) is 0.538. The van der Waals surface area contributed by atoms with Crippen molar-refractivity contribution in [3.63, 3.8) is 0 Å². The number of hydrogen-bond acceptors (Lipinski definition) is 3. The highest BCUT2D eigenvalue weighted by Crippen LogP contribution is 2.08. The third-order valence-electron chi connectivity index (χ3n) is 2.57. The molecule has 0 aliphatic rings. The molecule has 0 bridgehead atoms. The van der Waals surface area contributed by atoms with E-state index in [9.17, 15) is 9.59 Å². The lowest BCUT2D eigenvalue weighted by atomic mass is 10.2. The van der Waals surface area contributed by atoms with E-state index in [1.165, 1.54) is 11.3 Å². The molecule has 0 saturated carbocycles. The molecule has 0 radical (unpaired) electrons. The second-order valence-corrected chi connectivity index (χ2v) is 5.12. The molecule has 0 saturated heterocycles. The van der Waals surface area contributed by atoms with Crippen LogP contribution in [0.25, 0.3) is 0 Å². The minimum absolute atomic E-state index is 0.129. The van der Waals surface area contributed by atoms with Gasteiger partial charge in [-0.2, -0.15) is 0 Å². The van der Waals surface area contributed by atoms with Gasteiger partial charge in [0, 0.05) is 6.54 Å². The highest BCUT2D eigenvalue weighted by atomic mass is 32.1. The normalized spacial score (nSPS) is 11.9. The zero-order chi connectivity index (χ0) is 13.4. The first-order valence-corrected chi connectivity index (χ1v) is 7.15. The van der Waals surface area contributed by atoms with Gasteiger partial charge in [0.15, 0.2) is 0 Å². The van der Waals surface area contributed by atoms with Gasteiger partial charge in [0.1, 0.15) is 6.04 Å². The fourth-order valence-corrected chi connectivity index (χ4v) is 2.11. The summed E-state index contributed by atoms with van der Waals surface area (Å²) in [6, 6.07) is 3.06. The summed E-state index contributed by atoms with van der Waals surface area (Å²) in [6.07, 6.45) is 3.21. The summed E-state index contributed by atoms with van der Waals surface area (Å²) in [7, 11) is 0. The van der Waals surface area contributed by atoms with Gasteiger partial charge in [-0.3, -0.25) is 9.59 Å². The molecule has 0 aliphatic heterocycles. The second kappa shape index (κ2) is 7.87. The molecule has 0 aromatic carbocycles. The molecule has 4 nitrogen and oxygen atoms in total. The smallest absolute Gasteiger partial charge is 0.261 e. The predicted octanol–water partition coefficient (Wildman–Crippen LogP) is 2.17. The van der Waals surface area contributed by atoms with E-state index in [-0.39, 0.29) is 11.8 Å². The van der Waals surface area contributed by atoms with Crippen LogP contribution in [0.5, 0.6) is 0 Å². The predicted molar refractivity (Wildman–Crippen MR) is 73.8 cm³/mol. The summed E-state index contributed by atoms with van der Waals surface area (Å²) in [4.78, 5) is 24.0. The largest absolute Gasteiger partial charge is 0.354 e. The third kappa shape index (κ3) is 4.87. The Labute approximate surface area is 112 Å². The Kier molecular flexibility index (Phi) is 6.43. The number of rotatable bonds is 7. The fourth-order valence-electron chi connectivity index (χ4n) is 1.48. The molecule has 5 heteroatoms. The molecule has 0 fully saturated rings. The average molecular weight is 268 g/mol. The number of hydrogen-bond donors (Lipinski definition) is 2. The van der Waals surface area contributed by atoms with Crippen molar-refractivity contribution in [1.29, 1.82) is 0 Å². The second-order valence-electron chi connectivity index (χ2n) is 4.17. The Morgan fingerprint density at radius 2 is 2.17 bits per heavy atom. The van der Waals surface area contributed by atoms with Crippen molar-refractivity contribution < 1.29 is 9.59 Å². The van der Waals surface area contributed by atoms with Gasteiger partial charge in [-0.15, -0.1) is 11.3 Å². The summed E-state index contributed by atoms with van der Waals surface area (Å²) in [5.41, 5.74) is 0. The van der Waals surface area contributed by atoms with Crippen LogP contribution in [0, 0.1) is 0 Å². The SMILES string of the molecule is CCCCCNC(=O)[C@@H](C)NC(=O)c1cccs1. The van der Waals surface area contributed by atoms with Crippen molar-refractivity contribution in [2.45, 2.75) is 39.2 Å². The molecule has 100 valence electrons. The summed E-state index contributed by atoms with van der Waals surface area (Å²) in [5.74, 6) is -0.322. The van der Waals surface area contributed by atoms with Crippen LogP contribution in [0.1, 0.15) is 42.8 Å². The van der Waals surface area contributed by atoms with Crippen LogP contribution < -0.4 is 10.6 Å². The topological polar surface area (TPSA) is 58.2 Å². The average Bonchev–Trinajstić information content (AvgIpc) is 2.88. The van der Waals surface area contributed by atoms with Crippen molar-refractivity contribution in [1.82, 2.24) is 10.6 Å². The first-order chi connectivity index (χ1) is 8.65. The van der Waals surface area contributed by atoms with Crippen LogP contribution in [0.2, 0.25) is 0 Å². The van der Waals surface area contributed by atoms with Crippen molar-refractivity contribution in [2.75, 3.05) is 6.54 Å². The quantitative estimate of drug-likeness (QED) is 0.745. The maximum absolute atomic E-state index is 11.7. The van der Waals surface area contributed by atoms with Crippen molar-refractivity contribution in [2.24, 2.45) is 0 Å². The Morgan fingerprint density at radius 1 is 1.39 bits per heavy atom. The number of nitrogens with one attached hydrogen (secondary N) is 2. The van der Waals surface area contributed by atoms with Gasteiger partial charge >= 0.3 is 0 Å². The molecule has 0 aliphatic carbocycles. The summed E-state index contributed by atoms with van der Waals surface area (Å²) < 4.78 is 0. The van der Waals surface area contributed by atoms with Gasteiger partial charge in [0.05, 0.1) is 4.88 Å². The van der Waals surface area contributed by atoms with E-state index in [1.54, 1.807) is 13.0 Å². The van der Waals surface area contributed by atoms with E-state index in [4.69, 9.17) is 0 Å². The molecule has 1 rings (SSSR count). The molecule has 1 aromatic rings. The Balaban J connectivity index is 2.29. The molecule has 0 unspecified atom stereocenters. The monoisotopic (exact) mass is 268 g/mol. The zero-order valence-corrected chi connectivity index (χ0v) is 11.7. The highest BCUT2D eigenvalue weighted by Gasteiger charge is 2.16. The third-order valence-corrected chi connectivity index (χ3v) is 3.43. The van der Waals surface area contributed by atoms with E-state index in [0.29, 0.717) is 11.4 Å². The number of carbonyl (C=O) groups is 2. The maximum Gasteiger partial charge on any atom is 0.261 e. The van der Waals surface area contributed by atoms with E-state index in [0.717, 1.165) is 19.3 Å².